The van der Waals surface area contributed by atoms with Crippen molar-refractivity contribution < 1.29 is 14.7 Å². The molecule has 3 atom stereocenters. The zero-order valence-corrected chi connectivity index (χ0v) is 14.9. The molecule has 0 spiro atoms. The average Bonchev–Trinajstić information content (AvgIpc) is 2.91. The smallest absolute Gasteiger partial charge is 0.312 e. The molecule has 1 amide bonds. The summed E-state index contributed by atoms with van der Waals surface area (Å²) in [4.78, 5) is 29.5. The number of nitrogens with zero attached hydrogens (tertiary/aromatic N) is 1. The topological polar surface area (TPSA) is 79.3 Å². The Morgan fingerprint density at radius 2 is 1.88 bits per heavy atom. The fraction of sp³-hybridized carbons (Fsp3) is 0.650. The van der Waals surface area contributed by atoms with Crippen molar-refractivity contribution in [2.24, 2.45) is 16.7 Å². The van der Waals surface area contributed by atoms with E-state index in [1.807, 2.05) is 12.1 Å². The molecule has 2 N–H and O–H groups in total. The number of amides is 1. The second-order valence-corrected chi connectivity index (χ2v) is 8.67. The number of aliphatic carboxylic acids is 1. The number of hydrogen-bond donors (Lipinski definition) is 2. The van der Waals surface area contributed by atoms with Crippen LogP contribution in [-0.4, -0.2) is 28.0 Å². The van der Waals surface area contributed by atoms with Crippen LogP contribution in [-0.2, 0) is 15.0 Å². The Hall–Kier alpha value is -1.91. The Labute approximate surface area is 148 Å². The molecular weight excluding hydrogens is 316 g/mol. The van der Waals surface area contributed by atoms with E-state index in [9.17, 15) is 14.7 Å². The second-order valence-electron chi connectivity index (χ2n) is 8.67. The SMILES string of the molecule is CC1(C)C2CCC1(C(=O)O)C(NC(=O)C1(c3ccncc3)CCC1)C2. The lowest BCUT2D eigenvalue weighted by Gasteiger charge is -2.44. The van der Waals surface area contributed by atoms with Gasteiger partial charge in [-0.15, -0.1) is 0 Å². The molecule has 3 saturated carbocycles. The van der Waals surface area contributed by atoms with Crippen molar-refractivity contribution >= 4 is 11.9 Å². The summed E-state index contributed by atoms with van der Waals surface area (Å²) in [7, 11) is 0. The third-order valence-electron chi connectivity index (χ3n) is 7.73. The molecule has 25 heavy (non-hydrogen) atoms. The zero-order valence-electron chi connectivity index (χ0n) is 14.9. The molecule has 2 bridgehead atoms. The molecule has 0 aromatic carbocycles. The molecular formula is C20H26N2O3. The van der Waals surface area contributed by atoms with Crippen LogP contribution in [0.2, 0.25) is 0 Å². The lowest BCUT2D eigenvalue weighted by atomic mass is 9.63. The molecule has 1 heterocycles. The Morgan fingerprint density at radius 3 is 2.40 bits per heavy atom. The van der Waals surface area contributed by atoms with Crippen molar-refractivity contribution in [1.82, 2.24) is 10.3 Å². The molecule has 0 saturated heterocycles. The second kappa shape index (κ2) is 5.29. The van der Waals surface area contributed by atoms with Crippen LogP contribution in [0.1, 0.15) is 57.9 Å². The number of hydrogen-bond acceptors (Lipinski definition) is 3. The van der Waals surface area contributed by atoms with Crippen LogP contribution in [0.5, 0.6) is 0 Å². The van der Waals surface area contributed by atoms with Crippen LogP contribution < -0.4 is 5.32 Å². The van der Waals surface area contributed by atoms with Crippen molar-refractivity contribution in [1.29, 1.82) is 0 Å². The van der Waals surface area contributed by atoms with E-state index in [4.69, 9.17) is 0 Å². The number of carbonyl (C=O) groups excluding carboxylic acids is 1. The van der Waals surface area contributed by atoms with E-state index in [1.165, 1.54) is 0 Å². The first-order valence-electron chi connectivity index (χ1n) is 9.29. The summed E-state index contributed by atoms with van der Waals surface area (Å²) >= 11 is 0. The fourth-order valence-electron chi connectivity index (χ4n) is 5.83. The molecule has 1 aromatic rings. The molecule has 3 aliphatic rings. The summed E-state index contributed by atoms with van der Waals surface area (Å²) in [6, 6.07) is 3.55. The van der Waals surface area contributed by atoms with E-state index in [2.05, 4.69) is 24.1 Å². The summed E-state index contributed by atoms with van der Waals surface area (Å²) in [6.45, 7) is 4.12. The van der Waals surface area contributed by atoms with Crippen molar-refractivity contribution in [3.8, 4) is 0 Å². The van der Waals surface area contributed by atoms with Crippen molar-refractivity contribution in [2.75, 3.05) is 0 Å². The van der Waals surface area contributed by atoms with Gasteiger partial charge in [-0.05, 0) is 61.1 Å². The van der Waals surface area contributed by atoms with Gasteiger partial charge >= 0.3 is 5.97 Å². The Balaban J connectivity index is 1.62. The van der Waals surface area contributed by atoms with E-state index in [0.29, 0.717) is 12.3 Å². The van der Waals surface area contributed by atoms with Gasteiger partial charge in [-0.2, -0.15) is 0 Å². The number of nitrogens with one attached hydrogen (secondary N) is 1. The van der Waals surface area contributed by atoms with Crippen LogP contribution in [0.4, 0.5) is 0 Å². The van der Waals surface area contributed by atoms with Gasteiger partial charge in [-0.1, -0.05) is 20.3 Å². The standard InChI is InChI=1S/C20H26N2O3/c1-18(2)14-4-9-20(18,17(24)25)15(12-14)22-16(23)19(7-3-8-19)13-5-10-21-11-6-13/h5-6,10-11,14-15H,3-4,7-9,12H2,1-2H3,(H,22,23)(H,24,25). The first kappa shape index (κ1) is 16.6. The number of aromatic nitrogens is 1. The summed E-state index contributed by atoms with van der Waals surface area (Å²) in [5.74, 6) is -0.388. The van der Waals surface area contributed by atoms with Crippen LogP contribution in [0, 0.1) is 16.7 Å². The number of fused-ring (bicyclic) bond motifs is 2. The van der Waals surface area contributed by atoms with Crippen LogP contribution in [0.3, 0.4) is 0 Å². The molecule has 134 valence electrons. The highest BCUT2D eigenvalue weighted by Crippen LogP contribution is 2.66. The number of carboxylic acid groups (broad SMARTS) is 1. The van der Waals surface area contributed by atoms with Gasteiger partial charge in [0.1, 0.15) is 0 Å². The van der Waals surface area contributed by atoms with Gasteiger partial charge in [0.05, 0.1) is 10.8 Å². The maximum Gasteiger partial charge on any atom is 0.312 e. The average molecular weight is 342 g/mol. The summed E-state index contributed by atoms with van der Waals surface area (Å²) in [5.41, 5.74) is -0.622. The molecule has 5 nitrogen and oxygen atoms in total. The van der Waals surface area contributed by atoms with Gasteiger partial charge in [-0.3, -0.25) is 14.6 Å². The maximum absolute atomic E-state index is 13.2. The summed E-state index contributed by atoms with van der Waals surface area (Å²) in [5, 5.41) is 13.2. The van der Waals surface area contributed by atoms with Crippen LogP contribution >= 0.6 is 0 Å². The molecule has 3 unspecified atom stereocenters. The lowest BCUT2D eigenvalue weighted by molar-refractivity contribution is -0.156. The normalized spacial score (nSPS) is 34.3. The van der Waals surface area contributed by atoms with E-state index < -0.39 is 16.8 Å². The van der Waals surface area contributed by atoms with Crippen molar-refractivity contribution in [3.05, 3.63) is 30.1 Å². The highest BCUT2D eigenvalue weighted by molar-refractivity contribution is 5.90. The molecule has 0 radical (unpaired) electrons. The third-order valence-corrected chi connectivity index (χ3v) is 7.73. The first-order valence-corrected chi connectivity index (χ1v) is 9.29. The molecule has 0 aliphatic heterocycles. The monoisotopic (exact) mass is 342 g/mol. The quantitative estimate of drug-likeness (QED) is 0.882. The highest BCUT2D eigenvalue weighted by Gasteiger charge is 2.69. The Bertz CT molecular complexity index is 711. The minimum absolute atomic E-state index is 0.000995. The van der Waals surface area contributed by atoms with Crippen molar-refractivity contribution in [2.45, 2.75) is 63.8 Å². The minimum atomic E-state index is -0.837. The van der Waals surface area contributed by atoms with E-state index in [1.54, 1.807) is 12.4 Å². The van der Waals surface area contributed by atoms with Gasteiger partial charge in [0.25, 0.3) is 0 Å². The molecule has 3 aliphatic carbocycles. The van der Waals surface area contributed by atoms with Gasteiger partial charge in [0.15, 0.2) is 0 Å². The third kappa shape index (κ3) is 1.98. The summed E-state index contributed by atoms with van der Waals surface area (Å²) in [6.07, 6.45) is 8.50. The molecule has 1 aromatic heterocycles. The van der Waals surface area contributed by atoms with Gasteiger partial charge in [0, 0.05) is 18.4 Å². The predicted octanol–water partition coefficient (Wildman–Crippen LogP) is 2.90. The maximum atomic E-state index is 13.2. The fourth-order valence-corrected chi connectivity index (χ4v) is 5.83. The number of rotatable bonds is 4. The number of pyridine rings is 1. The van der Waals surface area contributed by atoms with Crippen LogP contribution in [0.25, 0.3) is 0 Å². The van der Waals surface area contributed by atoms with Gasteiger partial charge in [-0.25, -0.2) is 0 Å². The predicted molar refractivity (Wildman–Crippen MR) is 92.9 cm³/mol. The van der Waals surface area contributed by atoms with E-state index >= 15 is 0 Å². The molecule has 4 rings (SSSR count). The zero-order chi connectivity index (χ0) is 17.9. The summed E-state index contributed by atoms with van der Waals surface area (Å²) < 4.78 is 0. The van der Waals surface area contributed by atoms with Crippen molar-refractivity contribution in [3.63, 3.8) is 0 Å². The van der Waals surface area contributed by atoms with E-state index in [0.717, 1.165) is 37.7 Å². The molecule has 3 fully saturated rings. The molecule has 5 heteroatoms. The Kier molecular flexibility index (Phi) is 3.50. The lowest BCUT2D eigenvalue weighted by Crippen LogP contribution is -2.58. The van der Waals surface area contributed by atoms with Gasteiger partial charge < -0.3 is 10.4 Å². The number of carbonyl (C=O) groups is 2. The highest BCUT2D eigenvalue weighted by atomic mass is 16.4. The minimum Gasteiger partial charge on any atom is -0.481 e. The van der Waals surface area contributed by atoms with E-state index in [-0.39, 0.29) is 17.4 Å². The Morgan fingerprint density at radius 1 is 1.20 bits per heavy atom. The number of carboxylic acids is 1. The van der Waals surface area contributed by atoms with Gasteiger partial charge in [0.2, 0.25) is 5.91 Å². The first-order chi connectivity index (χ1) is 11.8. The largest absolute Gasteiger partial charge is 0.481 e. The van der Waals surface area contributed by atoms with Crippen LogP contribution in [0.15, 0.2) is 24.5 Å².